The first-order valence-corrected chi connectivity index (χ1v) is 9.69. The lowest BCUT2D eigenvalue weighted by Gasteiger charge is -2.25. The SMILES string of the molecule is CCn1ncc2c(NC3CCOCC3)c(-c3nnc(-c4cc(C)no4)o3)cnc21. The molecule has 1 fully saturated rings. The number of nitrogens with one attached hydrogen (secondary N) is 1. The van der Waals surface area contributed by atoms with E-state index in [1.165, 1.54) is 0 Å². The number of pyridine rings is 1. The second kappa shape index (κ2) is 7.28. The average molecular weight is 395 g/mol. The Hall–Kier alpha value is -3.27. The van der Waals surface area contributed by atoms with E-state index in [1.807, 2.05) is 24.7 Å². The van der Waals surface area contributed by atoms with Gasteiger partial charge in [0.05, 0.1) is 28.5 Å². The van der Waals surface area contributed by atoms with E-state index in [4.69, 9.17) is 13.7 Å². The van der Waals surface area contributed by atoms with Gasteiger partial charge in [-0.1, -0.05) is 5.16 Å². The van der Waals surface area contributed by atoms with Crippen molar-refractivity contribution in [3.05, 3.63) is 24.2 Å². The van der Waals surface area contributed by atoms with E-state index < -0.39 is 0 Å². The zero-order chi connectivity index (χ0) is 19.8. The number of hydrogen-bond donors (Lipinski definition) is 1. The number of hydrogen-bond acceptors (Lipinski definition) is 9. The maximum atomic E-state index is 5.89. The zero-order valence-electron chi connectivity index (χ0n) is 16.3. The third-order valence-corrected chi connectivity index (χ3v) is 5.03. The molecular formula is C19H21N7O3. The van der Waals surface area contributed by atoms with Crippen LogP contribution in [0, 0.1) is 6.92 Å². The van der Waals surface area contributed by atoms with Crippen molar-refractivity contribution in [3.8, 4) is 23.1 Å². The van der Waals surface area contributed by atoms with E-state index >= 15 is 0 Å². The molecule has 1 saturated heterocycles. The Kier molecular flexibility index (Phi) is 4.47. The number of aryl methyl sites for hydroxylation is 2. The van der Waals surface area contributed by atoms with E-state index in [0.29, 0.717) is 11.7 Å². The molecule has 0 radical (unpaired) electrons. The Bertz CT molecular complexity index is 1140. The van der Waals surface area contributed by atoms with Crippen molar-refractivity contribution >= 4 is 16.7 Å². The number of nitrogens with zero attached hydrogens (tertiary/aromatic N) is 6. The number of aromatic nitrogens is 6. The Labute approximate surface area is 166 Å². The van der Waals surface area contributed by atoms with Crippen LogP contribution in [0.25, 0.3) is 34.1 Å². The van der Waals surface area contributed by atoms with Gasteiger partial charge in [-0.2, -0.15) is 5.10 Å². The van der Waals surface area contributed by atoms with Crippen molar-refractivity contribution in [1.29, 1.82) is 0 Å². The molecule has 1 aliphatic rings. The summed E-state index contributed by atoms with van der Waals surface area (Å²) in [5, 5.41) is 21.2. The summed E-state index contributed by atoms with van der Waals surface area (Å²) in [6, 6.07) is 2.04. The highest BCUT2D eigenvalue weighted by Crippen LogP contribution is 2.35. The lowest BCUT2D eigenvalue weighted by Crippen LogP contribution is -2.28. The Morgan fingerprint density at radius 1 is 1.17 bits per heavy atom. The Morgan fingerprint density at radius 3 is 2.76 bits per heavy atom. The molecule has 10 heteroatoms. The maximum absolute atomic E-state index is 5.89. The third-order valence-electron chi connectivity index (χ3n) is 5.03. The van der Waals surface area contributed by atoms with Crippen molar-refractivity contribution in [2.75, 3.05) is 18.5 Å². The smallest absolute Gasteiger partial charge is 0.286 e. The van der Waals surface area contributed by atoms with Gasteiger partial charge >= 0.3 is 0 Å². The number of rotatable bonds is 5. The molecular weight excluding hydrogens is 374 g/mol. The van der Waals surface area contributed by atoms with Crippen LogP contribution in [0.15, 0.2) is 27.4 Å². The monoisotopic (exact) mass is 395 g/mol. The fourth-order valence-corrected chi connectivity index (χ4v) is 3.52. The lowest BCUT2D eigenvalue weighted by atomic mass is 10.1. The van der Waals surface area contributed by atoms with Gasteiger partial charge in [0.1, 0.15) is 0 Å². The summed E-state index contributed by atoms with van der Waals surface area (Å²) in [5.74, 6) is 1.08. The van der Waals surface area contributed by atoms with Crippen LogP contribution in [0.4, 0.5) is 5.69 Å². The summed E-state index contributed by atoms with van der Waals surface area (Å²) < 4.78 is 18.5. The van der Waals surface area contributed by atoms with E-state index in [9.17, 15) is 0 Å². The first-order valence-electron chi connectivity index (χ1n) is 9.69. The minimum absolute atomic E-state index is 0.280. The summed E-state index contributed by atoms with van der Waals surface area (Å²) in [6.07, 6.45) is 5.43. The van der Waals surface area contributed by atoms with Crippen LogP contribution >= 0.6 is 0 Å². The molecule has 0 saturated carbocycles. The van der Waals surface area contributed by atoms with Crippen LogP contribution in [0.2, 0.25) is 0 Å². The van der Waals surface area contributed by atoms with Crippen LogP contribution in [0.5, 0.6) is 0 Å². The van der Waals surface area contributed by atoms with Crippen molar-refractivity contribution in [1.82, 2.24) is 30.1 Å². The first kappa shape index (κ1) is 17.8. The Balaban J connectivity index is 1.59. The molecule has 29 heavy (non-hydrogen) atoms. The molecule has 1 N–H and O–H groups in total. The average Bonchev–Trinajstić information content (AvgIpc) is 3.48. The lowest BCUT2D eigenvalue weighted by molar-refractivity contribution is 0.0905. The third kappa shape index (κ3) is 3.25. The molecule has 150 valence electrons. The zero-order valence-corrected chi connectivity index (χ0v) is 16.3. The van der Waals surface area contributed by atoms with Crippen molar-refractivity contribution < 1.29 is 13.7 Å². The van der Waals surface area contributed by atoms with Crippen molar-refractivity contribution in [2.45, 2.75) is 39.3 Å². The maximum Gasteiger partial charge on any atom is 0.286 e. The van der Waals surface area contributed by atoms with Crippen LogP contribution in [0.1, 0.15) is 25.5 Å². The molecule has 10 nitrogen and oxygen atoms in total. The second-order valence-electron chi connectivity index (χ2n) is 7.02. The molecule has 5 heterocycles. The highest BCUT2D eigenvalue weighted by Gasteiger charge is 2.23. The molecule has 5 rings (SSSR count). The normalized spacial score (nSPS) is 15.2. The highest BCUT2D eigenvalue weighted by atomic mass is 16.5. The van der Waals surface area contributed by atoms with Gasteiger partial charge in [-0.15, -0.1) is 10.2 Å². The van der Waals surface area contributed by atoms with Crippen LogP contribution < -0.4 is 5.32 Å². The molecule has 0 spiro atoms. The van der Waals surface area contributed by atoms with E-state index in [1.54, 1.807) is 12.3 Å². The molecule has 4 aromatic rings. The molecule has 0 atom stereocenters. The molecule has 0 aromatic carbocycles. The van der Waals surface area contributed by atoms with Crippen molar-refractivity contribution in [3.63, 3.8) is 0 Å². The summed E-state index contributed by atoms with van der Waals surface area (Å²) in [5.41, 5.74) is 3.19. The van der Waals surface area contributed by atoms with Gasteiger partial charge in [-0.25, -0.2) is 9.67 Å². The molecule has 0 aliphatic carbocycles. The van der Waals surface area contributed by atoms with E-state index in [0.717, 1.165) is 60.6 Å². The molecule has 0 bridgehead atoms. The topological polar surface area (TPSA) is 117 Å². The van der Waals surface area contributed by atoms with Gasteiger partial charge in [0.2, 0.25) is 5.76 Å². The van der Waals surface area contributed by atoms with Gasteiger partial charge in [-0.05, 0) is 26.7 Å². The number of fused-ring (bicyclic) bond motifs is 1. The summed E-state index contributed by atoms with van der Waals surface area (Å²) in [4.78, 5) is 4.60. The minimum atomic E-state index is 0.280. The first-order chi connectivity index (χ1) is 14.2. The minimum Gasteiger partial charge on any atom is -0.413 e. The summed E-state index contributed by atoms with van der Waals surface area (Å²) >= 11 is 0. The molecule has 4 aromatic heterocycles. The molecule has 0 amide bonds. The van der Waals surface area contributed by atoms with Gasteiger partial charge in [0.15, 0.2) is 5.65 Å². The van der Waals surface area contributed by atoms with Crippen LogP contribution in [-0.4, -0.2) is 49.4 Å². The standard InChI is InChI=1S/C19H21N7O3/c1-3-26-17-13(10-21-26)16(22-12-4-6-27-7-5-12)14(9-20-17)18-23-24-19(28-18)15-8-11(2)25-29-15/h8-10,12H,3-7H2,1-2H3,(H,20,22). The predicted molar refractivity (Wildman–Crippen MR) is 104 cm³/mol. The van der Waals surface area contributed by atoms with Crippen LogP contribution in [0.3, 0.4) is 0 Å². The van der Waals surface area contributed by atoms with Gasteiger partial charge in [0, 0.05) is 38.1 Å². The van der Waals surface area contributed by atoms with Crippen molar-refractivity contribution in [2.24, 2.45) is 0 Å². The van der Waals surface area contributed by atoms with Gasteiger partial charge in [0.25, 0.3) is 11.8 Å². The number of ether oxygens (including phenoxy) is 1. The fourth-order valence-electron chi connectivity index (χ4n) is 3.52. The second-order valence-corrected chi connectivity index (χ2v) is 7.02. The predicted octanol–water partition coefficient (Wildman–Crippen LogP) is 3.06. The highest BCUT2D eigenvalue weighted by molar-refractivity contribution is 5.96. The fraction of sp³-hybridized carbons (Fsp3) is 0.421. The van der Waals surface area contributed by atoms with Crippen LogP contribution in [-0.2, 0) is 11.3 Å². The largest absolute Gasteiger partial charge is 0.413 e. The Morgan fingerprint density at radius 2 is 2.00 bits per heavy atom. The van der Waals surface area contributed by atoms with Gasteiger partial charge < -0.3 is 19.0 Å². The van der Waals surface area contributed by atoms with E-state index in [-0.39, 0.29) is 11.9 Å². The molecule has 0 unspecified atom stereocenters. The molecule has 1 aliphatic heterocycles. The van der Waals surface area contributed by atoms with Gasteiger partial charge in [-0.3, -0.25) is 0 Å². The summed E-state index contributed by atoms with van der Waals surface area (Å²) in [6.45, 7) is 6.10. The van der Waals surface area contributed by atoms with E-state index in [2.05, 4.69) is 30.8 Å². The quantitative estimate of drug-likeness (QED) is 0.544. The summed E-state index contributed by atoms with van der Waals surface area (Å²) in [7, 11) is 0. The number of anilines is 1.